The summed E-state index contributed by atoms with van der Waals surface area (Å²) in [4.78, 5) is 25.3. The molecule has 2 aliphatic rings. The number of fused-ring (bicyclic) bond motifs is 1. The topological polar surface area (TPSA) is 58.6 Å². The maximum Gasteiger partial charge on any atom is 0.415 e. The number of hydrogen-bond donors (Lipinski definition) is 1. The van der Waals surface area contributed by atoms with Gasteiger partial charge in [-0.05, 0) is 19.3 Å². The number of carbonyl (C=O) groups is 2. The Hall–Kier alpha value is -1.52. The van der Waals surface area contributed by atoms with E-state index >= 15 is 0 Å². The van der Waals surface area contributed by atoms with Crippen LogP contribution in [0.2, 0.25) is 0 Å². The molecule has 2 fully saturated rings. The Kier molecular flexibility index (Phi) is 8.84. The molecule has 0 aromatic rings. The highest BCUT2D eigenvalue weighted by molar-refractivity contribution is 5.89. The first-order valence-corrected chi connectivity index (χ1v) is 10.2. The van der Waals surface area contributed by atoms with Crippen LogP contribution >= 0.6 is 0 Å². The van der Waals surface area contributed by atoms with E-state index in [2.05, 4.69) is 12.2 Å². The summed E-state index contributed by atoms with van der Waals surface area (Å²) in [5.74, 6) is 0.371. The van der Waals surface area contributed by atoms with Crippen molar-refractivity contribution in [3.05, 3.63) is 11.8 Å². The minimum absolute atomic E-state index is 0.0180. The van der Waals surface area contributed by atoms with Gasteiger partial charge in [-0.2, -0.15) is 0 Å². The zero-order chi connectivity index (χ0) is 17.9. The minimum atomic E-state index is -0.309. The van der Waals surface area contributed by atoms with E-state index < -0.39 is 0 Å². The van der Waals surface area contributed by atoms with Crippen LogP contribution in [0.25, 0.3) is 0 Å². The van der Waals surface area contributed by atoms with Crippen LogP contribution in [0.15, 0.2) is 11.8 Å². The number of cyclic esters (lactones) is 1. The fraction of sp³-hybridized carbons (Fsp3) is 0.800. The van der Waals surface area contributed by atoms with Gasteiger partial charge in [0, 0.05) is 19.2 Å². The Morgan fingerprint density at radius 2 is 1.76 bits per heavy atom. The van der Waals surface area contributed by atoms with Gasteiger partial charge in [0.05, 0.1) is 6.04 Å². The lowest BCUT2D eigenvalue weighted by molar-refractivity contribution is -0.116. The maximum absolute atomic E-state index is 12.0. The second-order valence-corrected chi connectivity index (χ2v) is 7.24. The summed E-state index contributed by atoms with van der Waals surface area (Å²) in [6.07, 6.45) is 15.9. The first-order valence-electron chi connectivity index (χ1n) is 10.2. The van der Waals surface area contributed by atoms with Gasteiger partial charge in [-0.1, -0.05) is 64.7 Å². The normalized spacial score (nSPS) is 20.8. The van der Waals surface area contributed by atoms with Gasteiger partial charge in [-0.3, -0.25) is 9.69 Å². The number of nitrogens with one attached hydrogen (secondary N) is 1. The molecule has 0 radical (unpaired) electrons. The van der Waals surface area contributed by atoms with Gasteiger partial charge in [0.1, 0.15) is 5.76 Å². The maximum atomic E-state index is 12.0. The van der Waals surface area contributed by atoms with Crippen molar-refractivity contribution in [2.75, 3.05) is 13.1 Å². The number of amides is 2. The molecular formula is C20H34N2O3. The summed E-state index contributed by atoms with van der Waals surface area (Å²) in [6, 6.07) is -0.0180. The standard InChI is InChI=1S/C20H34N2O3/c1-2-3-4-5-6-7-8-9-10-11-14-21-19(23)16-18-17-13-12-15-22(17)20(24)25-18/h16-17H,2-15H2,1H3,(H,21,23)/b18-16-/t17-/m0/s1. The Labute approximate surface area is 152 Å². The number of ether oxygens (including phenoxy) is 1. The summed E-state index contributed by atoms with van der Waals surface area (Å²) in [5, 5.41) is 2.90. The Morgan fingerprint density at radius 1 is 1.12 bits per heavy atom. The van der Waals surface area contributed by atoms with Crippen LogP contribution in [0, 0.1) is 0 Å². The first-order chi connectivity index (χ1) is 12.2. The number of rotatable bonds is 12. The predicted octanol–water partition coefficient (Wildman–Crippen LogP) is 4.52. The average molecular weight is 351 g/mol. The smallest absolute Gasteiger partial charge is 0.412 e. The lowest BCUT2D eigenvalue weighted by Crippen LogP contribution is -2.27. The van der Waals surface area contributed by atoms with Gasteiger partial charge < -0.3 is 10.1 Å². The Balaban J connectivity index is 1.48. The molecule has 2 heterocycles. The van der Waals surface area contributed by atoms with Crippen molar-refractivity contribution in [3.63, 3.8) is 0 Å². The van der Waals surface area contributed by atoms with E-state index in [9.17, 15) is 9.59 Å². The van der Waals surface area contributed by atoms with E-state index in [1.165, 1.54) is 57.4 Å². The van der Waals surface area contributed by atoms with Crippen molar-refractivity contribution < 1.29 is 14.3 Å². The molecular weight excluding hydrogens is 316 g/mol. The van der Waals surface area contributed by atoms with E-state index in [0.29, 0.717) is 12.3 Å². The molecule has 0 saturated carbocycles. The van der Waals surface area contributed by atoms with Crippen molar-refractivity contribution in [2.24, 2.45) is 0 Å². The predicted molar refractivity (Wildman–Crippen MR) is 99.1 cm³/mol. The summed E-state index contributed by atoms with van der Waals surface area (Å²) < 4.78 is 5.19. The summed E-state index contributed by atoms with van der Waals surface area (Å²) >= 11 is 0. The highest BCUT2D eigenvalue weighted by Gasteiger charge is 2.41. The van der Waals surface area contributed by atoms with Gasteiger partial charge in [-0.15, -0.1) is 0 Å². The molecule has 0 bridgehead atoms. The number of hydrogen-bond acceptors (Lipinski definition) is 3. The second kappa shape index (κ2) is 11.2. The van der Waals surface area contributed by atoms with Crippen molar-refractivity contribution >= 4 is 12.0 Å². The fourth-order valence-corrected chi connectivity index (χ4v) is 3.64. The lowest BCUT2D eigenvalue weighted by Gasteiger charge is -2.09. The zero-order valence-electron chi connectivity index (χ0n) is 15.7. The molecule has 1 atom stereocenters. The molecule has 5 heteroatoms. The van der Waals surface area contributed by atoms with Gasteiger partial charge in [0.25, 0.3) is 0 Å². The van der Waals surface area contributed by atoms with Crippen LogP contribution in [-0.2, 0) is 9.53 Å². The van der Waals surface area contributed by atoms with Crippen LogP contribution in [0.1, 0.15) is 84.0 Å². The average Bonchev–Trinajstić information content (AvgIpc) is 3.18. The molecule has 142 valence electrons. The molecule has 25 heavy (non-hydrogen) atoms. The van der Waals surface area contributed by atoms with Crippen LogP contribution in [0.3, 0.4) is 0 Å². The molecule has 1 N–H and O–H groups in total. The van der Waals surface area contributed by atoms with Gasteiger partial charge >= 0.3 is 6.09 Å². The molecule has 2 aliphatic heterocycles. The number of unbranched alkanes of at least 4 members (excludes halogenated alkanes) is 9. The zero-order valence-corrected chi connectivity index (χ0v) is 15.7. The van der Waals surface area contributed by atoms with Gasteiger partial charge in [0.2, 0.25) is 5.91 Å². The van der Waals surface area contributed by atoms with Crippen molar-refractivity contribution in [1.82, 2.24) is 10.2 Å². The van der Waals surface area contributed by atoms with Crippen molar-refractivity contribution in [2.45, 2.75) is 90.0 Å². The second-order valence-electron chi connectivity index (χ2n) is 7.24. The SMILES string of the molecule is CCCCCCCCCCCCNC(=O)/C=C1\OC(=O)N2CCC[C@@H]12. The monoisotopic (exact) mass is 350 g/mol. The Morgan fingerprint density at radius 3 is 2.44 bits per heavy atom. The third-order valence-electron chi connectivity index (χ3n) is 5.12. The van der Waals surface area contributed by atoms with E-state index in [1.807, 2.05) is 0 Å². The molecule has 2 saturated heterocycles. The largest absolute Gasteiger partial charge is 0.415 e. The Bertz CT molecular complexity index is 462. The van der Waals surface area contributed by atoms with Crippen LogP contribution < -0.4 is 5.32 Å². The summed E-state index contributed by atoms with van der Waals surface area (Å²) in [7, 11) is 0. The van der Waals surface area contributed by atoms with Crippen LogP contribution in [0.5, 0.6) is 0 Å². The third-order valence-corrected chi connectivity index (χ3v) is 5.12. The molecule has 0 aliphatic carbocycles. The van der Waals surface area contributed by atoms with Gasteiger partial charge in [-0.25, -0.2) is 4.79 Å². The van der Waals surface area contributed by atoms with Gasteiger partial charge in [0.15, 0.2) is 0 Å². The van der Waals surface area contributed by atoms with E-state index in [1.54, 1.807) is 4.90 Å². The minimum Gasteiger partial charge on any atom is -0.412 e. The molecule has 0 aromatic heterocycles. The first kappa shape index (κ1) is 19.8. The fourth-order valence-electron chi connectivity index (χ4n) is 3.64. The lowest BCUT2D eigenvalue weighted by atomic mass is 10.1. The van der Waals surface area contributed by atoms with Crippen molar-refractivity contribution in [3.8, 4) is 0 Å². The van der Waals surface area contributed by atoms with E-state index in [-0.39, 0.29) is 18.0 Å². The third kappa shape index (κ3) is 6.71. The molecule has 0 spiro atoms. The molecule has 0 aromatic carbocycles. The van der Waals surface area contributed by atoms with E-state index in [4.69, 9.17) is 4.74 Å². The highest BCUT2D eigenvalue weighted by Crippen LogP contribution is 2.31. The van der Waals surface area contributed by atoms with Crippen molar-refractivity contribution in [1.29, 1.82) is 0 Å². The molecule has 2 amide bonds. The van der Waals surface area contributed by atoms with Crippen LogP contribution in [0.4, 0.5) is 4.79 Å². The summed E-state index contributed by atoms with van der Waals surface area (Å²) in [5.41, 5.74) is 0. The number of nitrogens with zero attached hydrogens (tertiary/aromatic N) is 1. The number of carbonyl (C=O) groups excluding carboxylic acids is 2. The molecule has 5 nitrogen and oxygen atoms in total. The quantitative estimate of drug-likeness (QED) is 0.416. The van der Waals surface area contributed by atoms with E-state index in [0.717, 1.165) is 32.2 Å². The summed E-state index contributed by atoms with van der Waals surface area (Å²) in [6.45, 7) is 3.68. The molecule has 0 unspecified atom stereocenters. The highest BCUT2D eigenvalue weighted by atomic mass is 16.6. The molecule has 2 rings (SSSR count). The van der Waals surface area contributed by atoms with Crippen LogP contribution in [-0.4, -0.2) is 36.0 Å².